The molecule has 0 radical (unpaired) electrons. The van der Waals surface area contributed by atoms with Crippen molar-refractivity contribution in [2.45, 2.75) is 6.54 Å². The lowest BCUT2D eigenvalue weighted by Gasteiger charge is -2.07. The number of hydrogen-bond donors (Lipinski definition) is 1. The van der Waals surface area contributed by atoms with Crippen LogP contribution in [-0.2, 0) is 6.54 Å². The zero-order chi connectivity index (χ0) is 14.1. The average molecular weight is 280 g/mol. The summed E-state index contributed by atoms with van der Waals surface area (Å²) < 4.78 is 10.8. The quantitative estimate of drug-likeness (QED) is 0.794. The second-order valence-corrected chi connectivity index (χ2v) is 4.63. The van der Waals surface area contributed by atoms with E-state index in [2.05, 4.69) is 20.5 Å². The molecule has 0 saturated heterocycles. The summed E-state index contributed by atoms with van der Waals surface area (Å²) in [7, 11) is 0. The number of rotatable bonds is 3. The molecule has 1 aliphatic heterocycles. The molecule has 0 bridgehead atoms. The fourth-order valence-corrected chi connectivity index (χ4v) is 2.26. The Morgan fingerprint density at radius 1 is 0.952 bits per heavy atom. The van der Waals surface area contributed by atoms with Gasteiger partial charge in [-0.15, -0.1) is 10.2 Å². The third-order valence-corrected chi connectivity index (χ3v) is 3.28. The van der Waals surface area contributed by atoms with Crippen LogP contribution in [0.25, 0.3) is 11.0 Å². The van der Waals surface area contributed by atoms with Crippen LogP contribution in [-0.4, -0.2) is 22.0 Å². The Kier molecular flexibility index (Phi) is 2.77. The van der Waals surface area contributed by atoms with Crippen molar-refractivity contribution in [3.63, 3.8) is 0 Å². The molecule has 104 valence electrons. The second kappa shape index (κ2) is 4.90. The predicted molar refractivity (Wildman–Crippen MR) is 77.2 cm³/mol. The number of nitrogens with zero attached hydrogens (tertiary/aromatic N) is 3. The number of ether oxygens (including phenoxy) is 2. The molecule has 0 unspecified atom stereocenters. The first-order valence-electron chi connectivity index (χ1n) is 6.61. The molecular weight excluding hydrogens is 268 g/mol. The number of fused-ring (bicyclic) bond motifs is 2. The molecule has 3 aromatic rings. The lowest BCUT2D eigenvalue weighted by atomic mass is 10.2. The van der Waals surface area contributed by atoms with E-state index in [4.69, 9.17) is 9.47 Å². The number of aromatic nitrogens is 3. The van der Waals surface area contributed by atoms with E-state index < -0.39 is 0 Å². The minimum Gasteiger partial charge on any atom is -0.454 e. The summed E-state index contributed by atoms with van der Waals surface area (Å²) in [6, 6.07) is 13.4. The van der Waals surface area contributed by atoms with E-state index in [9.17, 15) is 0 Å². The van der Waals surface area contributed by atoms with E-state index in [1.807, 2.05) is 42.5 Å². The van der Waals surface area contributed by atoms with E-state index in [-0.39, 0.29) is 6.79 Å². The van der Waals surface area contributed by atoms with E-state index >= 15 is 0 Å². The SMILES string of the molecule is c1cc(CNc2nnc3ccccc3n2)c2c(c1)OCO2. The Hall–Kier alpha value is -2.89. The molecule has 0 atom stereocenters. The van der Waals surface area contributed by atoms with E-state index in [1.54, 1.807) is 0 Å². The van der Waals surface area contributed by atoms with E-state index in [0.717, 1.165) is 28.1 Å². The van der Waals surface area contributed by atoms with Crippen LogP contribution in [0, 0.1) is 0 Å². The van der Waals surface area contributed by atoms with Crippen LogP contribution in [0.15, 0.2) is 42.5 Å². The maximum absolute atomic E-state index is 5.47. The molecule has 1 aliphatic rings. The number of nitrogens with one attached hydrogen (secondary N) is 1. The first-order valence-corrected chi connectivity index (χ1v) is 6.61. The van der Waals surface area contributed by atoms with Crippen LogP contribution in [0.2, 0.25) is 0 Å². The Morgan fingerprint density at radius 2 is 1.86 bits per heavy atom. The molecular formula is C15H12N4O2. The lowest BCUT2D eigenvalue weighted by molar-refractivity contribution is 0.173. The summed E-state index contributed by atoms with van der Waals surface area (Å²) in [6.45, 7) is 0.812. The van der Waals surface area contributed by atoms with Crippen LogP contribution < -0.4 is 14.8 Å². The van der Waals surface area contributed by atoms with Gasteiger partial charge in [-0.2, -0.15) is 0 Å². The van der Waals surface area contributed by atoms with Crippen molar-refractivity contribution in [1.29, 1.82) is 0 Å². The molecule has 0 fully saturated rings. The molecule has 2 aromatic carbocycles. The van der Waals surface area contributed by atoms with Gasteiger partial charge in [0.25, 0.3) is 0 Å². The second-order valence-electron chi connectivity index (χ2n) is 4.63. The highest BCUT2D eigenvalue weighted by molar-refractivity contribution is 5.74. The molecule has 1 aromatic heterocycles. The summed E-state index contributed by atoms with van der Waals surface area (Å²) in [5.41, 5.74) is 2.59. The molecule has 0 amide bonds. The molecule has 6 heteroatoms. The standard InChI is InChI=1S/C15H12N4O2/c1-2-6-12-11(5-1)17-15(19-18-12)16-8-10-4-3-7-13-14(10)21-9-20-13/h1-7H,8-9H2,(H,16,17,19). The smallest absolute Gasteiger partial charge is 0.243 e. The molecule has 0 spiro atoms. The monoisotopic (exact) mass is 280 g/mol. The first kappa shape index (κ1) is 11.9. The van der Waals surface area contributed by atoms with Crippen LogP contribution in [0.4, 0.5) is 5.95 Å². The van der Waals surface area contributed by atoms with Gasteiger partial charge in [-0.05, 0) is 18.2 Å². The van der Waals surface area contributed by atoms with Gasteiger partial charge in [0.15, 0.2) is 11.5 Å². The van der Waals surface area contributed by atoms with Gasteiger partial charge in [-0.25, -0.2) is 4.98 Å². The van der Waals surface area contributed by atoms with Crippen molar-refractivity contribution in [2.24, 2.45) is 0 Å². The highest BCUT2D eigenvalue weighted by Crippen LogP contribution is 2.35. The predicted octanol–water partition coefficient (Wildman–Crippen LogP) is 2.37. The molecule has 0 saturated carbocycles. The number of hydrogen-bond acceptors (Lipinski definition) is 6. The fraction of sp³-hybridized carbons (Fsp3) is 0.133. The minimum atomic E-state index is 0.264. The van der Waals surface area contributed by atoms with Crippen LogP contribution in [0.5, 0.6) is 11.5 Å². The van der Waals surface area contributed by atoms with Gasteiger partial charge in [-0.1, -0.05) is 24.3 Å². The van der Waals surface area contributed by atoms with E-state index in [0.29, 0.717) is 12.5 Å². The molecule has 6 nitrogen and oxygen atoms in total. The van der Waals surface area contributed by atoms with Crippen LogP contribution >= 0.6 is 0 Å². The topological polar surface area (TPSA) is 69.2 Å². The van der Waals surface area contributed by atoms with Crippen molar-refractivity contribution in [3.05, 3.63) is 48.0 Å². The van der Waals surface area contributed by atoms with Gasteiger partial charge in [0.2, 0.25) is 12.7 Å². The highest BCUT2D eigenvalue weighted by Gasteiger charge is 2.17. The molecule has 21 heavy (non-hydrogen) atoms. The Morgan fingerprint density at radius 3 is 2.81 bits per heavy atom. The van der Waals surface area contributed by atoms with Gasteiger partial charge in [0, 0.05) is 12.1 Å². The molecule has 1 N–H and O–H groups in total. The van der Waals surface area contributed by atoms with Gasteiger partial charge < -0.3 is 14.8 Å². The summed E-state index contributed by atoms with van der Waals surface area (Å²) in [5.74, 6) is 2.04. The summed E-state index contributed by atoms with van der Waals surface area (Å²) >= 11 is 0. The zero-order valence-corrected chi connectivity index (χ0v) is 11.1. The van der Waals surface area contributed by atoms with Gasteiger partial charge in [-0.3, -0.25) is 0 Å². The van der Waals surface area contributed by atoms with Gasteiger partial charge in [0.05, 0.1) is 5.52 Å². The summed E-state index contributed by atoms with van der Waals surface area (Å²) in [4.78, 5) is 4.43. The minimum absolute atomic E-state index is 0.264. The maximum Gasteiger partial charge on any atom is 0.243 e. The molecule has 4 rings (SSSR count). The van der Waals surface area contributed by atoms with Crippen LogP contribution in [0.1, 0.15) is 5.56 Å². The Bertz CT molecular complexity index is 807. The average Bonchev–Trinajstić information content (AvgIpc) is 3.02. The summed E-state index contributed by atoms with van der Waals surface area (Å²) in [5, 5.41) is 11.4. The fourth-order valence-electron chi connectivity index (χ4n) is 2.26. The maximum atomic E-state index is 5.47. The number of anilines is 1. The first-order chi connectivity index (χ1) is 10.4. The number of para-hydroxylation sites is 2. The van der Waals surface area contributed by atoms with Crippen LogP contribution in [0.3, 0.4) is 0 Å². The zero-order valence-electron chi connectivity index (χ0n) is 11.1. The Balaban J connectivity index is 1.57. The summed E-state index contributed by atoms with van der Waals surface area (Å²) in [6.07, 6.45) is 0. The van der Waals surface area contributed by atoms with Crippen molar-refractivity contribution in [2.75, 3.05) is 12.1 Å². The third-order valence-electron chi connectivity index (χ3n) is 3.28. The van der Waals surface area contributed by atoms with Crippen molar-refractivity contribution >= 4 is 17.0 Å². The molecule has 0 aliphatic carbocycles. The van der Waals surface area contributed by atoms with Crippen molar-refractivity contribution < 1.29 is 9.47 Å². The normalized spacial score (nSPS) is 12.6. The largest absolute Gasteiger partial charge is 0.454 e. The molecule has 2 heterocycles. The Labute approximate surface area is 120 Å². The van der Waals surface area contributed by atoms with Crippen molar-refractivity contribution in [1.82, 2.24) is 15.2 Å². The van der Waals surface area contributed by atoms with Crippen molar-refractivity contribution in [3.8, 4) is 11.5 Å². The van der Waals surface area contributed by atoms with Gasteiger partial charge in [0.1, 0.15) is 5.52 Å². The van der Waals surface area contributed by atoms with Gasteiger partial charge >= 0.3 is 0 Å². The lowest BCUT2D eigenvalue weighted by Crippen LogP contribution is -2.05. The number of benzene rings is 2. The van der Waals surface area contributed by atoms with E-state index in [1.165, 1.54) is 0 Å². The highest BCUT2D eigenvalue weighted by atomic mass is 16.7. The third kappa shape index (κ3) is 2.20.